The van der Waals surface area contributed by atoms with Crippen molar-refractivity contribution in [1.29, 1.82) is 0 Å². The molecule has 2 heterocycles. The number of hydrogen-bond donors (Lipinski definition) is 2. The van der Waals surface area contributed by atoms with E-state index in [2.05, 4.69) is 34.3 Å². The molecule has 0 amide bonds. The number of aromatic nitrogens is 2. The summed E-state index contributed by atoms with van der Waals surface area (Å²) in [5.41, 5.74) is 2.08. The van der Waals surface area contributed by atoms with Crippen LogP contribution in [0.3, 0.4) is 0 Å². The van der Waals surface area contributed by atoms with E-state index in [-0.39, 0.29) is 21.7 Å². The Labute approximate surface area is 229 Å². The fraction of sp³-hybridized carbons (Fsp3) is 0.0667. The van der Waals surface area contributed by atoms with Gasteiger partial charge in [0.05, 0.1) is 0 Å². The Morgan fingerprint density at radius 2 is 1.03 bits per heavy atom. The van der Waals surface area contributed by atoms with E-state index < -0.39 is 23.3 Å². The van der Waals surface area contributed by atoms with Gasteiger partial charge in [0, 0.05) is 35.7 Å². The second-order valence-corrected chi connectivity index (χ2v) is 7.27. The minimum absolute atomic E-state index is 0. The van der Waals surface area contributed by atoms with Gasteiger partial charge in [-0.15, -0.1) is 37.1 Å². The fourth-order valence-corrected chi connectivity index (χ4v) is 3.00. The monoisotopic (exact) mass is 534 g/mol. The third-order valence-electron chi connectivity index (χ3n) is 4.71. The van der Waals surface area contributed by atoms with Gasteiger partial charge in [-0.25, -0.2) is 41.9 Å². The van der Waals surface area contributed by atoms with Crippen LogP contribution in [-0.4, -0.2) is 9.97 Å². The zero-order chi connectivity index (χ0) is 25.6. The van der Waals surface area contributed by atoms with Crippen molar-refractivity contribution in [3.63, 3.8) is 0 Å². The maximum atomic E-state index is 13.1. The summed E-state index contributed by atoms with van der Waals surface area (Å²) in [7, 11) is 0. The molecule has 4 aromatic rings. The van der Waals surface area contributed by atoms with Crippen molar-refractivity contribution in [2.75, 3.05) is 0 Å². The first-order valence-electron chi connectivity index (χ1n) is 11.0. The maximum absolute atomic E-state index is 13.1. The standard InChI is InChI=1S/2C10H6F2N.2C5H5.Ti/c2*11-8-1-2-9(10(12)5-8)7-3-4-13-6-7;2*1-2-4-5-3-1;/h2*1-4,6,13H;2*1-3H,4H2;/q4*-1;+4. The first-order chi connectivity index (χ1) is 17.5. The number of hydrogen-bond acceptors (Lipinski definition) is 0. The largest absolute Gasteiger partial charge is 4.00 e. The van der Waals surface area contributed by atoms with Crippen molar-refractivity contribution in [2.24, 2.45) is 0 Å². The molecular weight excluding hydrogens is 512 g/mol. The third kappa shape index (κ3) is 10.1. The van der Waals surface area contributed by atoms with Crippen LogP contribution in [0.25, 0.3) is 22.3 Å². The van der Waals surface area contributed by atoms with Gasteiger partial charge >= 0.3 is 21.7 Å². The Bertz CT molecular complexity index is 1200. The van der Waals surface area contributed by atoms with E-state index in [0.717, 1.165) is 12.8 Å². The van der Waals surface area contributed by atoms with Crippen LogP contribution in [0, 0.1) is 47.6 Å². The van der Waals surface area contributed by atoms with Crippen LogP contribution in [0.2, 0.25) is 0 Å². The molecular formula is C30H22F4N2Ti. The topological polar surface area (TPSA) is 31.6 Å². The van der Waals surface area contributed by atoms with Crippen molar-refractivity contribution in [2.45, 2.75) is 12.8 Å². The molecule has 0 radical (unpaired) electrons. The van der Waals surface area contributed by atoms with Crippen LogP contribution >= 0.6 is 0 Å². The van der Waals surface area contributed by atoms with Crippen molar-refractivity contribution >= 4 is 0 Å². The first-order valence-corrected chi connectivity index (χ1v) is 11.0. The Kier molecular flexibility index (Phi) is 13.0. The molecule has 6 rings (SSSR count). The van der Waals surface area contributed by atoms with Crippen molar-refractivity contribution in [3.8, 4) is 22.3 Å². The van der Waals surface area contributed by atoms with E-state index in [0.29, 0.717) is 22.3 Å². The molecule has 2 aromatic carbocycles. The van der Waals surface area contributed by atoms with E-state index in [1.54, 1.807) is 36.9 Å². The van der Waals surface area contributed by atoms with Gasteiger partial charge in [-0.3, -0.25) is 12.2 Å². The van der Waals surface area contributed by atoms with E-state index in [4.69, 9.17) is 0 Å². The number of H-pyrrole nitrogens is 2. The molecule has 2 aliphatic rings. The Morgan fingerprint density at radius 3 is 1.27 bits per heavy atom. The molecule has 0 spiro atoms. The van der Waals surface area contributed by atoms with Gasteiger partial charge in [-0.2, -0.15) is 24.3 Å². The Morgan fingerprint density at radius 1 is 0.595 bits per heavy atom. The van der Waals surface area contributed by atoms with Crippen molar-refractivity contribution in [3.05, 3.63) is 145 Å². The summed E-state index contributed by atoms with van der Waals surface area (Å²) in [5, 5.41) is 0. The minimum Gasteiger partial charge on any atom is -0.368 e. The smallest absolute Gasteiger partial charge is 0.368 e. The van der Waals surface area contributed by atoms with Gasteiger partial charge in [0.2, 0.25) is 0 Å². The molecule has 37 heavy (non-hydrogen) atoms. The molecule has 0 saturated carbocycles. The quantitative estimate of drug-likeness (QED) is 0.148. The zero-order valence-corrected chi connectivity index (χ0v) is 21.2. The average molecular weight is 534 g/mol. The molecule has 0 unspecified atom stereocenters. The van der Waals surface area contributed by atoms with Crippen LogP contribution in [0.5, 0.6) is 0 Å². The molecule has 0 bridgehead atoms. The molecule has 0 atom stereocenters. The van der Waals surface area contributed by atoms with Gasteiger partial charge in [0.1, 0.15) is 0 Å². The predicted octanol–water partition coefficient (Wildman–Crippen LogP) is 8.13. The van der Waals surface area contributed by atoms with E-state index >= 15 is 0 Å². The van der Waals surface area contributed by atoms with Crippen LogP contribution in [0.4, 0.5) is 17.6 Å². The third-order valence-corrected chi connectivity index (χ3v) is 4.71. The fourth-order valence-electron chi connectivity index (χ4n) is 3.00. The predicted molar refractivity (Wildman–Crippen MR) is 133 cm³/mol. The van der Waals surface area contributed by atoms with E-state index in [9.17, 15) is 17.6 Å². The normalized spacial score (nSPS) is 12.0. The van der Waals surface area contributed by atoms with E-state index in [1.165, 1.54) is 24.3 Å². The summed E-state index contributed by atoms with van der Waals surface area (Å²) < 4.78 is 51.2. The molecule has 184 valence electrons. The van der Waals surface area contributed by atoms with Crippen LogP contribution < -0.4 is 0 Å². The summed E-state index contributed by atoms with van der Waals surface area (Å²) in [6.07, 6.45) is 26.6. The van der Waals surface area contributed by atoms with Crippen LogP contribution in [0.1, 0.15) is 12.8 Å². The summed E-state index contributed by atoms with van der Waals surface area (Å²) in [4.78, 5) is 5.59. The number of benzene rings is 2. The molecule has 2 nitrogen and oxygen atoms in total. The molecule has 0 aliphatic heterocycles. The Balaban J connectivity index is 0.000000187. The van der Waals surface area contributed by atoms with Gasteiger partial charge in [-0.1, -0.05) is 22.3 Å². The molecule has 0 fully saturated rings. The first kappa shape index (κ1) is 29.6. The van der Waals surface area contributed by atoms with Gasteiger partial charge in [0.25, 0.3) is 0 Å². The zero-order valence-electron chi connectivity index (χ0n) is 19.7. The second-order valence-electron chi connectivity index (χ2n) is 7.27. The summed E-state index contributed by atoms with van der Waals surface area (Å²) in [6.45, 7) is 0. The molecule has 2 aliphatic carbocycles. The molecule has 7 heteroatoms. The number of aromatic amines is 2. The van der Waals surface area contributed by atoms with Gasteiger partial charge in [-0.05, 0) is 24.5 Å². The van der Waals surface area contributed by atoms with Gasteiger partial charge < -0.3 is 9.97 Å². The number of allylic oxidation sites excluding steroid dienone is 8. The number of halogens is 4. The molecule has 2 N–H and O–H groups in total. The summed E-state index contributed by atoms with van der Waals surface area (Å²) in [5.74, 6) is -2.70. The average Bonchev–Trinajstić information content (AvgIpc) is 3.69. The van der Waals surface area contributed by atoms with Gasteiger partial charge in [0.15, 0.2) is 0 Å². The maximum Gasteiger partial charge on any atom is 4.00 e. The number of rotatable bonds is 2. The SMILES string of the molecule is Fc1[c-]c(F)c(-c2cc[nH]c2)cc1.Fc1[c-]c(F)c(-c2cc[nH]c2)cc1.[C-]1=CC=CC1.[C-]1=CC=CC1.[Ti+4]. The summed E-state index contributed by atoms with van der Waals surface area (Å²) in [6, 6.07) is 12.5. The summed E-state index contributed by atoms with van der Waals surface area (Å²) >= 11 is 0. The van der Waals surface area contributed by atoms with Crippen molar-refractivity contribution < 1.29 is 39.3 Å². The van der Waals surface area contributed by atoms with Crippen molar-refractivity contribution in [1.82, 2.24) is 9.97 Å². The Hall–Kier alpha value is -3.61. The minimum atomic E-state index is -0.684. The molecule has 2 aromatic heterocycles. The second kappa shape index (κ2) is 16.2. The van der Waals surface area contributed by atoms with E-state index in [1.807, 2.05) is 36.4 Å². The van der Waals surface area contributed by atoms with Crippen LogP contribution in [0.15, 0.2) is 97.6 Å². The van der Waals surface area contributed by atoms with Crippen LogP contribution in [-0.2, 0) is 21.7 Å². The number of nitrogens with one attached hydrogen (secondary N) is 2. The molecule has 0 saturated heterocycles.